The monoisotopic (exact) mass is 189 g/mol. The average molecular weight is 189 g/mol. The molecule has 0 aliphatic heterocycles. The number of ketones is 1. The van der Waals surface area contributed by atoms with Crippen molar-refractivity contribution in [3.63, 3.8) is 0 Å². The highest BCUT2D eigenvalue weighted by molar-refractivity contribution is 5.80. The number of hydrogen-bond donors (Lipinski definition) is 0. The van der Waals surface area contributed by atoms with E-state index in [-0.39, 0.29) is 12.3 Å². The molecule has 0 aliphatic carbocycles. The Bertz CT molecular complexity index is 342. The maximum Gasteiger partial charge on any atom is 0.139 e. The molecule has 0 aromatic heterocycles. The Morgan fingerprint density at radius 2 is 2.07 bits per heavy atom. The highest BCUT2D eigenvalue weighted by Crippen LogP contribution is 2.02. The van der Waals surface area contributed by atoms with Gasteiger partial charge < -0.3 is 0 Å². The normalized spacial score (nSPS) is 9.14. The van der Waals surface area contributed by atoms with Gasteiger partial charge in [-0.1, -0.05) is 35.4 Å². The Morgan fingerprint density at radius 1 is 1.36 bits per heavy atom. The van der Waals surface area contributed by atoms with Crippen LogP contribution in [0.1, 0.15) is 12.0 Å². The molecular formula is C10H11N3O. The Labute approximate surface area is 82.2 Å². The summed E-state index contributed by atoms with van der Waals surface area (Å²) in [6, 6.07) is 9.76. The van der Waals surface area contributed by atoms with Crippen molar-refractivity contribution in [3.05, 3.63) is 46.3 Å². The third-order valence-electron chi connectivity index (χ3n) is 1.85. The minimum Gasteiger partial charge on any atom is -0.300 e. The van der Waals surface area contributed by atoms with Gasteiger partial charge in [0, 0.05) is 11.3 Å². The maximum atomic E-state index is 11.1. The molecule has 0 unspecified atom stereocenters. The summed E-state index contributed by atoms with van der Waals surface area (Å²) in [5.41, 5.74) is 9.13. The molecule has 14 heavy (non-hydrogen) atoms. The summed E-state index contributed by atoms with van der Waals surface area (Å²) in [4.78, 5) is 13.6. The summed E-state index contributed by atoms with van der Waals surface area (Å²) in [6.45, 7) is -0.0384. The number of carbonyl (C=O) groups excluding carboxylic acids is 1. The van der Waals surface area contributed by atoms with E-state index in [2.05, 4.69) is 10.0 Å². The maximum absolute atomic E-state index is 11.1. The third-order valence-corrected chi connectivity index (χ3v) is 1.85. The van der Waals surface area contributed by atoms with E-state index >= 15 is 0 Å². The molecule has 1 aromatic rings. The summed E-state index contributed by atoms with van der Waals surface area (Å²) in [5, 5.41) is 3.22. The zero-order chi connectivity index (χ0) is 10.2. The lowest BCUT2D eigenvalue weighted by atomic mass is 10.1. The van der Waals surface area contributed by atoms with E-state index in [1.54, 1.807) is 0 Å². The second kappa shape index (κ2) is 5.78. The van der Waals surface area contributed by atoms with Crippen LogP contribution >= 0.6 is 0 Å². The number of Topliss-reactive ketones (excluding diaryl/α,β-unsaturated/α-hetero) is 1. The SMILES string of the molecule is [N-]=[N+]=NCC(=O)CCc1ccccc1. The van der Waals surface area contributed by atoms with Crippen LogP contribution in [0.4, 0.5) is 0 Å². The van der Waals surface area contributed by atoms with E-state index in [9.17, 15) is 4.79 Å². The molecule has 0 amide bonds. The van der Waals surface area contributed by atoms with Crippen LogP contribution in [0.5, 0.6) is 0 Å². The molecule has 1 aromatic carbocycles. The van der Waals surface area contributed by atoms with Gasteiger partial charge in [0.1, 0.15) is 5.78 Å². The smallest absolute Gasteiger partial charge is 0.139 e. The summed E-state index contributed by atoms with van der Waals surface area (Å²) >= 11 is 0. The van der Waals surface area contributed by atoms with Crippen molar-refractivity contribution in [2.24, 2.45) is 5.11 Å². The Hall–Kier alpha value is -1.80. The van der Waals surface area contributed by atoms with Gasteiger partial charge >= 0.3 is 0 Å². The minimum atomic E-state index is -0.0384. The van der Waals surface area contributed by atoms with Crippen LogP contribution < -0.4 is 0 Å². The molecule has 0 fully saturated rings. The topological polar surface area (TPSA) is 65.8 Å². The quantitative estimate of drug-likeness (QED) is 0.398. The van der Waals surface area contributed by atoms with Crippen molar-refractivity contribution in [2.45, 2.75) is 12.8 Å². The second-order valence-corrected chi connectivity index (χ2v) is 2.91. The molecule has 0 aliphatic rings. The number of nitrogens with zero attached hydrogens (tertiary/aromatic N) is 3. The van der Waals surface area contributed by atoms with E-state index in [0.717, 1.165) is 5.56 Å². The van der Waals surface area contributed by atoms with Crippen LogP contribution in [0, 0.1) is 0 Å². The zero-order valence-corrected chi connectivity index (χ0v) is 7.76. The Kier molecular flexibility index (Phi) is 4.24. The average Bonchev–Trinajstić information content (AvgIpc) is 2.25. The third kappa shape index (κ3) is 3.74. The predicted octanol–water partition coefficient (Wildman–Crippen LogP) is 2.50. The van der Waals surface area contributed by atoms with Crippen LogP contribution in [-0.2, 0) is 11.2 Å². The van der Waals surface area contributed by atoms with Gasteiger partial charge in [0.2, 0.25) is 0 Å². The number of azide groups is 1. The first-order valence-electron chi connectivity index (χ1n) is 4.39. The van der Waals surface area contributed by atoms with Crippen molar-refractivity contribution in [3.8, 4) is 0 Å². The summed E-state index contributed by atoms with van der Waals surface area (Å²) < 4.78 is 0. The molecule has 0 saturated heterocycles. The Balaban J connectivity index is 2.34. The summed E-state index contributed by atoms with van der Waals surface area (Å²) in [7, 11) is 0. The molecule has 0 spiro atoms. The molecule has 0 saturated carbocycles. The fraction of sp³-hybridized carbons (Fsp3) is 0.300. The first-order valence-corrected chi connectivity index (χ1v) is 4.39. The van der Waals surface area contributed by atoms with Crippen molar-refractivity contribution in [1.82, 2.24) is 0 Å². The predicted molar refractivity (Wildman–Crippen MR) is 53.8 cm³/mol. The van der Waals surface area contributed by atoms with Gasteiger partial charge in [0.15, 0.2) is 0 Å². The van der Waals surface area contributed by atoms with Gasteiger partial charge in [0.05, 0.1) is 6.54 Å². The largest absolute Gasteiger partial charge is 0.300 e. The van der Waals surface area contributed by atoms with Crippen molar-refractivity contribution in [1.29, 1.82) is 0 Å². The highest BCUT2D eigenvalue weighted by Gasteiger charge is 2.00. The standard InChI is InChI=1S/C10H11N3O/c11-13-12-8-10(14)7-6-9-4-2-1-3-5-9/h1-5H,6-8H2. The van der Waals surface area contributed by atoms with E-state index in [1.165, 1.54) is 0 Å². The van der Waals surface area contributed by atoms with Gasteiger partial charge in [-0.25, -0.2) is 0 Å². The van der Waals surface area contributed by atoms with Gasteiger partial charge in [-0.05, 0) is 17.5 Å². The number of rotatable bonds is 5. The van der Waals surface area contributed by atoms with Gasteiger partial charge in [-0.15, -0.1) is 0 Å². The number of hydrogen-bond acceptors (Lipinski definition) is 2. The molecule has 72 valence electrons. The molecule has 0 radical (unpaired) electrons. The number of carbonyl (C=O) groups is 1. The lowest BCUT2D eigenvalue weighted by Gasteiger charge is -1.98. The van der Waals surface area contributed by atoms with Crippen molar-refractivity contribution >= 4 is 5.78 Å². The molecular weight excluding hydrogens is 178 g/mol. The highest BCUT2D eigenvalue weighted by atomic mass is 16.1. The number of benzene rings is 1. The van der Waals surface area contributed by atoms with Crippen LogP contribution in [-0.4, -0.2) is 12.3 Å². The molecule has 0 heterocycles. The molecule has 0 bridgehead atoms. The van der Waals surface area contributed by atoms with E-state index < -0.39 is 0 Å². The van der Waals surface area contributed by atoms with E-state index in [0.29, 0.717) is 12.8 Å². The molecule has 4 heteroatoms. The van der Waals surface area contributed by atoms with Gasteiger partial charge in [-0.3, -0.25) is 4.79 Å². The fourth-order valence-corrected chi connectivity index (χ4v) is 1.12. The first kappa shape index (κ1) is 10.3. The van der Waals surface area contributed by atoms with Crippen LogP contribution in [0.15, 0.2) is 35.4 Å². The van der Waals surface area contributed by atoms with Gasteiger partial charge in [-0.2, -0.15) is 0 Å². The van der Waals surface area contributed by atoms with E-state index in [4.69, 9.17) is 5.53 Å². The van der Waals surface area contributed by atoms with Crippen LogP contribution in [0.3, 0.4) is 0 Å². The molecule has 0 atom stereocenters. The zero-order valence-electron chi connectivity index (χ0n) is 7.76. The Morgan fingerprint density at radius 3 is 2.71 bits per heavy atom. The van der Waals surface area contributed by atoms with E-state index in [1.807, 2.05) is 30.3 Å². The van der Waals surface area contributed by atoms with Crippen molar-refractivity contribution < 1.29 is 4.79 Å². The first-order chi connectivity index (χ1) is 6.83. The minimum absolute atomic E-state index is 0.0216. The van der Waals surface area contributed by atoms with Gasteiger partial charge in [0.25, 0.3) is 0 Å². The van der Waals surface area contributed by atoms with Crippen LogP contribution in [0.25, 0.3) is 10.4 Å². The molecule has 1 rings (SSSR count). The lowest BCUT2D eigenvalue weighted by Crippen LogP contribution is -2.03. The lowest BCUT2D eigenvalue weighted by molar-refractivity contribution is -0.117. The summed E-state index contributed by atoms with van der Waals surface area (Å²) in [5.74, 6) is -0.0216. The summed E-state index contributed by atoms with van der Waals surface area (Å²) in [6.07, 6.45) is 1.14. The fourth-order valence-electron chi connectivity index (χ4n) is 1.12. The molecule has 0 N–H and O–H groups in total. The van der Waals surface area contributed by atoms with Crippen molar-refractivity contribution in [2.75, 3.05) is 6.54 Å². The number of aryl methyl sites for hydroxylation is 1. The van der Waals surface area contributed by atoms with Crippen LogP contribution in [0.2, 0.25) is 0 Å². The molecule has 4 nitrogen and oxygen atoms in total. The second-order valence-electron chi connectivity index (χ2n) is 2.91.